The normalized spacial score (nSPS) is 18.4. The molecule has 6 nitrogen and oxygen atoms in total. The number of benzene rings is 1. The summed E-state index contributed by atoms with van der Waals surface area (Å²) < 4.78 is 1.83. The second-order valence-corrected chi connectivity index (χ2v) is 6.80. The molecule has 1 aliphatic rings. The molecular formula is C17H17N5OS. The highest BCUT2D eigenvalue weighted by atomic mass is 32.1. The van der Waals surface area contributed by atoms with Crippen molar-refractivity contribution in [3.8, 4) is 10.6 Å². The van der Waals surface area contributed by atoms with Crippen LogP contribution in [0.25, 0.3) is 21.5 Å². The van der Waals surface area contributed by atoms with E-state index in [4.69, 9.17) is 4.99 Å². The highest BCUT2D eigenvalue weighted by Crippen LogP contribution is 2.22. The monoisotopic (exact) mass is 339 g/mol. The Labute approximate surface area is 142 Å². The molecule has 0 amide bonds. The smallest absolute Gasteiger partial charge is 0.258 e. The van der Waals surface area contributed by atoms with Gasteiger partial charge < -0.3 is 4.98 Å². The summed E-state index contributed by atoms with van der Waals surface area (Å²) >= 11 is 1.57. The summed E-state index contributed by atoms with van der Waals surface area (Å²) in [5, 5.41) is 6.05. The van der Waals surface area contributed by atoms with Gasteiger partial charge in [0.1, 0.15) is 5.01 Å². The minimum absolute atomic E-state index is 0.128. The van der Waals surface area contributed by atoms with Crippen LogP contribution in [0.3, 0.4) is 0 Å². The first-order valence-electron chi connectivity index (χ1n) is 7.91. The number of aromatic nitrogens is 4. The Morgan fingerprint density at radius 2 is 2.29 bits per heavy atom. The van der Waals surface area contributed by atoms with E-state index in [9.17, 15) is 4.79 Å². The van der Waals surface area contributed by atoms with Gasteiger partial charge in [0.05, 0.1) is 23.3 Å². The standard InChI is InChI=1S/C17H17N5OS/c1-22-17(20-12-5-3-2-4-6-12)24-16(21-22)11-7-8-13-14(9-11)18-10-19-15(13)23/h2-3,7-10,12H,4-6H2,1H3,(H,18,19,23). The third-order valence-electron chi connectivity index (χ3n) is 4.13. The Hall–Kier alpha value is -2.54. The van der Waals surface area contributed by atoms with Crippen LogP contribution in [0.4, 0.5) is 0 Å². The first-order valence-corrected chi connectivity index (χ1v) is 8.73. The van der Waals surface area contributed by atoms with Gasteiger partial charge in [-0.05, 0) is 31.4 Å². The van der Waals surface area contributed by atoms with E-state index in [0.717, 1.165) is 34.6 Å². The topological polar surface area (TPSA) is 75.9 Å². The summed E-state index contributed by atoms with van der Waals surface area (Å²) in [6.07, 6.45) is 9.02. The molecule has 7 heteroatoms. The van der Waals surface area contributed by atoms with E-state index in [2.05, 4.69) is 27.2 Å². The van der Waals surface area contributed by atoms with Crippen molar-refractivity contribution in [3.05, 3.63) is 51.8 Å². The number of allylic oxidation sites excluding steroid dienone is 1. The van der Waals surface area contributed by atoms with Crippen LogP contribution in [0.1, 0.15) is 19.3 Å². The number of hydrogen-bond acceptors (Lipinski definition) is 5. The predicted molar refractivity (Wildman–Crippen MR) is 94.8 cm³/mol. The van der Waals surface area contributed by atoms with Gasteiger partial charge in [-0.3, -0.25) is 9.79 Å². The van der Waals surface area contributed by atoms with E-state index in [1.165, 1.54) is 6.33 Å². The lowest BCUT2D eigenvalue weighted by atomic mass is 10.0. The maximum atomic E-state index is 11.8. The Morgan fingerprint density at radius 3 is 3.12 bits per heavy atom. The molecule has 2 heterocycles. The van der Waals surface area contributed by atoms with Gasteiger partial charge in [-0.2, -0.15) is 5.10 Å². The number of aromatic amines is 1. The molecular weight excluding hydrogens is 322 g/mol. The molecule has 122 valence electrons. The first kappa shape index (κ1) is 15.0. The van der Waals surface area contributed by atoms with Gasteiger partial charge in [0.15, 0.2) is 0 Å². The number of fused-ring (bicyclic) bond motifs is 1. The second kappa shape index (κ2) is 6.16. The number of rotatable bonds is 2. The fraction of sp³-hybridized carbons (Fsp3) is 0.294. The zero-order valence-electron chi connectivity index (χ0n) is 13.3. The second-order valence-electron chi connectivity index (χ2n) is 5.84. The maximum Gasteiger partial charge on any atom is 0.258 e. The van der Waals surface area contributed by atoms with Crippen molar-refractivity contribution in [1.29, 1.82) is 0 Å². The average Bonchev–Trinajstić information content (AvgIpc) is 2.96. The molecule has 2 aromatic heterocycles. The summed E-state index contributed by atoms with van der Waals surface area (Å²) in [5.74, 6) is 0. The molecule has 1 aliphatic carbocycles. The van der Waals surface area contributed by atoms with Crippen LogP contribution in [0.2, 0.25) is 0 Å². The highest BCUT2D eigenvalue weighted by molar-refractivity contribution is 7.12. The number of nitrogens with one attached hydrogen (secondary N) is 1. The molecule has 1 unspecified atom stereocenters. The Kier molecular flexibility index (Phi) is 3.86. The lowest BCUT2D eigenvalue weighted by Gasteiger charge is -2.11. The molecule has 3 aromatic rings. The Balaban J connectivity index is 1.75. The molecule has 0 radical (unpaired) electrons. The fourth-order valence-electron chi connectivity index (χ4n) is 2.83. The van der Waals surface area contributed by atoms with Crippen LogP contribution in [0.15, 0.2) is 46.5 Å². The number of hydrogen-bond donors (Lipinski definition) is 1. The van der Waals surface area contributed by atoms with Crippen LogP contribution in [0.5, 0.6) is 0 Å². The van der Waals surface area contributed by atoms with Crippen molar-refractivity contribution in [2.45, 2.75) is 25.3 Å². The van der Waals surface area contributed by atoms with E-state index in [1.807, 2.05) is 23.9 Å². The molecule has 0 aliphatic heterocycles. The zero-order chi connectivity index (χ0) is 16.5. The quantitative estimate of drug-likeness (QED) is 0.728. The molecule has 0 saturated carbocycles. The van der Waals surface area contributed by atoms with Crippen LogP contribution >= 0.6 is 11.3 Å². The zero-order valence-corrected chi connectivity index (χ0v) is 14.1. The van der Waals surface area contributed by atoms with Crippen molar-refractivity contribution in [2.24, 2.45) is 12.0 Å². The number of aryl methyl sites for hydroxylation is 1. The van der Waals surface area contributed by atoms with Crippen molar-refractivity contribution in [1.82, 2.24) is 19.7 Å². The summed E-state index contributed by atoms with van der Waals surface area (Å²) in [7, 11) is 1.92. The third-order valence-corrected chi connectivity index (χ3v) is 5.19. The van der Waals surface area contributed by atoms with E-state index >= 15 is 0 Å². The maximum absolute atomic E-state index is 11.8. The van der Waals surface area contributed by atoms with Crippen molar-refractivity contribution < 1.29 is 0 Å². The lowest BCUT2D eigenvalue weighted by Crippen LogP contribution is -2.17. The largest absolute Gasteiger partial charge is 0.313 e. The molecule has 1 N–H and O–H groups in total. The Morgan fingerprint density at radius 1 is 1.38 bits per heavy atom. The van der Waals surface area contributed by atoms with E-state index in [1.54, 1.807) is 17.4 Å². The van der Waals surface area contributed by atoms with E-state index < -0.39 is 0 Å². The highest BCUT2D eigenvalue weighted by Gasteiger charge is 2.11. The molecule has 0 fully saturated rings. The number of nitrogens with zero attached hydrogens (tertiary/aromatic N) is 4. The molecule has 0 spiro atoms. The molecule has 1 aromatic carbocycles. The fourth-order valence-corrected chi connectivity index (χ4v) is 3.79. The molecule has 0 saturated heterocycles. The summed E-state index contributed by atoms with van der Waals surface area (Å²) in [6.45, 7) is 0. The van der Waals surface area contributed by atoms with Crippen molar-refractivity contribution in [3.63, 3.8) is 0 Å². The average molecular weight is 339 g/mol. The minimum Gasteiger partial charge on any atom is -0.313 e. The van der Waals surface area contributed by atoms with Gasteiger partial charge in [0, 0.05) is 12.6 Å². The molecule has 0 bridgehead atoms. The van der Waals surface area contributed by atoms with Crippen molar-refractivity contribution in [2.75, 3.05) is 0 Å². The van der Waals surface area contributed by atoms with Crippen LogP contribution in [-0.4, -0.2) is 25.8 Å². The summed E-state index contributed by atoms with van der Waals surface area (Å²) in [4.78, 5) is 24.4. The predicted octanol–water partition coefficient (Wildman–Crippen LogP) is 2.39. The van der Waals surface area contributed by atoms with E-state index in [-0.39, 0.29) is 5.56 Å². The van der Waals surface area contributed by atoms with Crippen LogP contribution in [-0.2, 0) is 7.05 Å². The van der Waals surface area contributed by atoms with Crippen molar-refractivity contribution >= 4 is 22.2 Å². The molecule has 1 atom stereocenters. The van der Waals surface area contributed by atoms with Gasteiger partial charge >= 0.3 is 0 Å². The number of H-pyrrole nitrogens is 1. The van der Waals surface area contributed by atoms with Crippen LogP contribution in [0, 0.1) is 0 Å². The van der Waals surface area contributed by atoms with Gasteiger partial charge in [0.2, 0.25) is 4.80 Å². The summed E-state index contributed by atoms with van der Waals surface area (Å²) in [6, 6.07) is 5.94. The first-order chi connectivity index (χ1) is 11.7. The summed E-state index contributed by atoms with van der Waals surface area (Å²) in [5.41, 5.74) is 1.49. The SMILES string of the molecule is Cn1nc(-c2ccc3c(=O)[nH]cnc3c2)sc1=NC1CC=CCC1. The van der Waals surface area contributed by atoms with Crippen LogP contribution < -0.4 is 10.4 Å². The van der Waals surface area contributed by atoms with Gasteiger partial charge in [0.25, 0.3) is 5.56 Å². The van der Waals surface area contributed by atoms with Gasteiger partial charge in [-0.25, -0.2) is 9.67 Å². The van der Waals surface area contributed by atoms with Gasteiger partial charge in [-0.15, -0.1) is 0 Å². The van der Waals surface area contributed by atoms with E-state index in [0.29, 0.717) is 16.9 Å². The third kappa shape index (κ3) is 2.82. The van der Waals surface area contributed by atoms with Gasteiger partial charge in [-0.1, -0.05) is 29.6 Å². The molecule has 24 heavy (non-hydrogen) atoms. The minimum atomic E-state index is -0.128. The lowest BCUT2D eigenvalue weighted by molar-refractivity contribution is 0.580. The Bertz CT molecular complexity index is 1040. The molecule has 4 rings (SSSR count).